The topological polar surface area (TPSA) is 55.4 Å². The van der Waals surface area contributed by atoms with Crippen LogP contribution in [-0.2, 0) is 14.3 Å². The third-order valence-electron chi connectivity index (χ3n) is 2.24. The first-order valence-electron chi connectivity index (χ1n) is 5.79. The molecule has 0 bridgehead atoms. The molecule has 0 heterocycles. The molecule has 1 aromatic rings. The molecular formula is C13H16BrNO3. The minimum Gasteiger partial charge on any atom is -0.453 e. The molecule has 4 nitrogen and oxygen atoms in total. The number of halogens is 1. The zero-order chi connectivity index (χ0) is 13.5. The van der Waals surface area contributed by atoms with Crippen LogP contribution in [0.3, 0.4) is 0 Å². The summed E-state index contributed by atoms with van der Waals surface area (Å²) in [5.74, 6) is -0.683. The van der Waals surface area contributed by atoms with Crippen molar-refractivity contribution in [3.63, 3.8) is 0 Å². The van der Waals surface area contributed by atoms with Crippen LogP contribution in [0.25, 0.3) is 0 Å². The Hall–Kier alpha value is -1.36. The van der Waals surface area contributed by atoms with Crippen molar-refractivity contribution in [2.24, 2.45) is 0 Å². The Morgan fingerprint density at radius 1 is 1.33 bits per heavy atom. The van der Waals surface area contributed by atoms with E-state index in [0.29, 0.717) is 18.5 Å². The van der Waals surface area contributed by atoms with Crippen LogP contribution in [0.15, 0.2) is 28.7 Å². The second kappa shape index (κ2) is 7.16. The van der Waals surface area contributed by atoms with E-state index >= 15 is 0 Å². The molecule has 18 heavy (non-hydrogen) atoms. The van der Waals surface area contributed by atoms with Gasteiger partial charge >= 0.3 is 5.97 Å². The van der Waals surface area contributed by atoms with Crippen LogP contribution in [0.1, 0.15) is 26.7 Å². The zero-order valence-corrected chi connectivity index (χ0v) is 12.0. The normalized spacial score (nSPS) is 11.7. The number of carbonyl (C=O) groups excluding carboxylic acids is 2. The largest absolute Gasteiger partial charge is 0.453 e. The summed E-state index contributed by atoms with van der Waals surface area (Å²) >= 11 is 3.31. The monoisotopic (exact) mass is 313 g/mol. The lowest BCUT2D eigenvalue weighted by atomic mass is 10.3. The van der Waals surface area contributed by atoms with Crippen molar-refractivity contribution in [2.75, 3.05) is 5.32 Å². The van der Waals surface area contributed by atoms with Crippen LogP contribution in [0.2, 0.25) is 0 Å². The predicted octanol–water partition coefficient (Wildman–Crippen LogP) is 3.12. The summed E-state index contributed by atoms with van der Waals surface area (Å²) in [7, 11) is 0. The Morgan fingerprint density at radius 3 is 2.50 bits per heavy atom. The fourth-order valence-corrected chi connectivity index (χ4v) is 1.56. The second-order valence-electron chi connectivity index (χ2n) is 3.88. The number of carbonyl (C=O) groups is 2. The van der Waals surface area contributed by atoms with Crippen molar-refractivity contribution in [3.05, 3.63) is 28.7 Å². The summed E-state index contributed by atoms with van der Waals surface area (Å²) in [4.78, 5) is 23.0. The van der Waals surface area contributed by atoms with Gasteiger partial charge in [-0.1, -0.05) is 22.9 Å². The molecule has 1 aromatic carbocycles. The Kier molecular flexibility index (Phi) is 5.85. The third kappa shape index (κ3) is 4.87. The number of benzene rings is 1. The van der Waals surface area contributed by atoms with E-state index in [-0.39, 0.29) is 11.9 Å². The van der Waals surface area contributed by atoms with Crippen molar-refractivity contribution in [2.45, 2.75) is 32.8 Å². The van der Waals surface area contributed by atoms with Crippen molar-refractivity contribution in [1.29, 1.82) is 0 Å². The fourth-order valence-electron chi connectivity index (χ4n) is 1.29. The molecule has 1 atom stereocenters. The number of rotatable bonds is 5. The lowest BCUT2D eigenvalue weighted by molar-refractivity contribution is -0.153. The van der Waals surface area contributed by atoms with E-state index in [1.165, 1.54) is 0 Å². The third-order valence-corrected chi connectivity index (χ3v) is 2.77. The number of nitrogens with one attached hydrogen (secondary N) is 1. The molecule has 1 rings (SSSR count). The molecule has 1 amide bonds. The van der Waals surface area contributed by atoms with Gasteiger partial charge in [0.25, 0.3) is 5.91 Å². The summed E-state index contributed by atoms with van der Waals surface area (Å²) < 4.78 is 5.92. The van der Waals surface area contributed by atoms with Crippen LogP contribution < -0.4 is 5.32 Å². The lowest BCUT2D eigenvalue weighted by Gasteiger charge is -2.13. The van der Waals surface area contributed by atoms with E-state index in [2.05, 4.69) is 21.2 Å². The second-order valence-corrected chi connectivity index (χ2v) is 4.79. The number of hydrogen-bond donors (Lipinski definition) is 1. The van der Waals surface area contributed by atoms with Gasteiger partial charge < -0.3 is 10.1 Å². The Morgan fingerprint density at radius 2 is 1.94 bits per heavy atom. The summed E-state index contributed by atoms with van der Waals surface area (Å²) in [6.07, 6.45) is 0.253. The van der Waals surface area contributed by atoms with Crippen molar-refractivity contribution in [3.8, 4) is 0 Å². The molecule has 0 aliphatic rings. The van der Waals surface area contributed by atoms with Crippen molar-refractivity contribution < 1.29 is 14.3 Å². The Balaban J connectivity index is 2.49. The van der Waals surface area contributed by atoms with Crippen LogP contribution in [-0.4, -0.2) is 18.0 Å². The van der Waals surface area contributed by atoms with Gasteiger partial charge in [0, 0.05) is 16.6 Å². The van der Waals surface area contributed by atoms with E-state index < -0.39 is 6.10 Å². The van der Waals surface area contributed by atoms with E-state index in [1.807, 2.05) is 19.1 Å². The quantitative estimate of drug-likeness (QED) is 0.850. The van der Waals surface area contributed by atoms with Crippen LogP contribution >= 0.6 is 15.9 Å². The van der Waals surface area contributed by atoms with Crippen molar-refractivity contribution >= 4 is 33.5 Å². The van der Waals surface area contributed by atoms with Gasteiger partial charge in [0.1, 0.15) is 0 Å². The average Bonchev–Trinajstić information content (AvgIpc) is 2.32. The van der Waals surface area contributed by atoms with Gasteiger partial charge in [-0.25, -0.2) is 0 Å². The number of anilines is 1. The van der Waals surface area contributed by atoms with Crippen LogP contribution in [0, 0.1) is 0 Å². The molecule has 0 saturated carbocycles. The fraction of sp³-hybridized carbons (Fsp3) is 0.385. The van der Waals surface area contributed by atoms with Gasteiger partial charge in [-0.2, -0.15) is 0 Å². The molecule has 98 valence electrons. The van der Waals surface area contributed by atoms with Gasteiger partial charge in [0.05, 0.1) is 0 Å². The summed E-state index contributed by atoms with van der Waals surface area (Å²) in [5, 5.41) is 2.68. The highest BCUT2D eigenvalue weighted by Crippen LogP contribution is 2.14. The Bertz CT molecular complexity index is 417. The number of hydrogen-bond acceptors (Lipinski definition) is 3. The van der Waals surface area contributed by atoms with Crippen LogP contribution in [0.5, 0.6) is 0 Å². The molecule has 5 heteroatoms. The predicted molar refractivity (Wildman–Crippen MR) is 73.2 cm³/mol. The SMILES string of the molecule is CCCC(=O)O[C@@H](C)C(=O)Nc1ccc(Br)cc1. The standard InChI is InChI=1S/C13H16BrNO3/c1-3-4-12(16)18-9(2)13(17)15-11-7-5-10(14)6-8-11/h5-9H,3-4H2,1-2H3,(H,15,17)/t9-/m0/s1. The maximum absolute atomic E-state index is 11.7. The molecule has 0 fully saturated rings. The van der Waals surface area contributed by atoms with E-state index in [4.69, 9.17) is 4.74 Å². The minimum atomic E-state index is -0.785. The maximum Gasteiger partial charge on any atom is 0.306 e. The highest BCUT2D eigenvalue weighted by Gasteiger charge is 2.17. The van der Waals surface area contributed by atoms with E-state index in [9.17, 15) is 9.59 Å². The summed E-state index contributed by atoms with van der Waals surface area (Å²) in [6, 6.07) is 7.18. The number of esters is 1. The highest BCUT2D eigenvalue weighted by atomic mass is 79.9. The molecule has 0 saturated heterocycles. The number of amides is 1. The maximum atomic E-state index is 11.7. The molecule has 0 spiro atoms. The average molecular weight is 314 g/mol. The highest BCUT2D eigenvalue weighted by molar-refractivity contribution is 9.10. The van der Waals surface area contributed by atoms with Crippen LogP contribution in [0.4, 0.5) is 5.69 Å². The molecule has 0 aliphatic heterocycles. The smallest absolute Gasteiger partial charge is 0.306 e. The molecular weight excluding hydrogens is 298 g/mol. The first kappa shape index (κ1) is 14.7. The zero-order valence-electron chi connectivity index (χ0n) is 10.4. The summed E-state index contributed by atoms with van der Waals surface area (Å²) in [5.41, 5.74) is 0.668. The first-order valence-corrected chi connectivity index (χ1v) is 6.58. The molecule has 0 aliphatic carbocycles. The van der Waals surface area contributed by atoms with Gasteiger partial charge in [-0.05, 0) is 37.6 Å². The van der Waals surface area contributed by atoms with Gasteiger partial charge in [0.2, 0.25) is 0 Å². The van der Waals surface area contributed by atoms with E-state index in [0.717, 1.165) is 4.47 Å². The Labute approximate surface area is 115 Å². The van der Waals surface area contributed by atoms with Gasteiger partial charge in [-0.15, -0.1) is 0 Å². The molecule has 0 unspecified atom stereocenters. The summed E-state index contributed by atoms with van der Waals surface area (Å²) in [6.45, 7) is 3.44. The molecule has 0 radical (unpaired) electrons. The lowest BCUT2D eigenvalue weighted by Crippen LogP contribution is -2.29. The van der Waals surface area contributed by atoms with Gasteiger partial charge in [-0.3, -0.25) is 9.59 Å². The van der Waals surface area contributed by atoms with Crippen molar-refractivity contribution in [1.82, 2.24) is 0 Å². The number of ether oxygens (including phenoxy) is 1. The van der Waals surface area contributed by atoms with E-state index in [1.54, 1.807) is 19.1 Å². The van der Waals surface area contributed by atoms with Gasteiger partial charge in [0.15, 0.2) is 6.10 Å². The molecule has 0 aromatic heterocycles. The first-order chi connectivity index (χ1) is 8.52. The molecule has 1 N–H and O–H groups in total. The minimum absolute atomic E-state index is 0.329.